The van der Waals surface area contributed by atoms with Gasteiger partial charge in [0.05, 0.1) is 22.3 Å². The SMILES string of the molecule is CN=C(CN=[N+]=[N-])C(I)=C(N)CC(=O)O. The lowest BCUT2D eigenvalue weighted by Gasteiger charge is -2.04. The van der Waals surface area contributed by atoms with Crippen LogP contribution in [0.2, 0.25) is 0 Å². The first-order valence-corrected chi connectivity index (χ1v) is 4.93. The van der Waals surface area contributed by atoms with Gasteiger partial charge in [0, 0.05) is 17.7 Å². The summed E-state index contributed by atoms with van der Waals surface area (Å²) in [6, 6.07) is 0. The van der Waals surface area contributed by atoms with Crippen molar-refractivity contribution in [3.63, 3.8) is 0 Å². The summed E-state index contributed by atoms with van der Waals surface area (Å²) in [4.78, 5) is 16.9. The van der Waals surface area contributed by atoms with Crippen molar-refractivity contribution < 1.29 is 9.90 Å². The van der Waals surface area contributed by atoms with Crippen molar-refractivity contribution in [1.29, 1.82) is 0 Å². The Morgan fingerprint density at radius 1 is 1.67 bits per heavy atom. The van der Waals surface area contributed by atoms with Gasteiger partial charge in [0.15, 0.2) is 0 Å². The van der Waals surface area contributed by atoms with Gasteiger partial charge < -0.3 is 10.8 Å². The zero-order valence-corrected chi connectivity index (χ0v) is 10.2. The van der Waals surface area contributed by atoms with Gasteiger partial charge in [0.2, 0.25) is 0 Å². The van der Waals surface area contributed by atoms with Crippen molar-refractivity contribution in [2.75, 3.05) is 13.6 Å². The number of aliphatic imine (C=N–C) groups is 1. The number of nitrogens with zero attached hydrogens (tertiary/aromatic N) is 4. The smallest absolute Gasteiger partial charge is 0.309 e. The van der Waals surface area contributed by atoms with Crippen LogP contribution in [0.3, 0.4) is 0 Å². The Bertz CT molecular complexity index is 356. The highest BCUT2D eigenvalue weighted by Gasteiger charge is 2.09. The molecule has 15 heavy (non-hydrogen) atoms. The molecule has 0 amide bonds. The van der Waals surface area contributed by atoms with E-state index in [0.717, 1.165) is 0 Å². The summed E-state index contributed by atoms with van der Waals surface area (Å²) in [5.74, 6) is -1.01. The molecule has 0 aromatic rings. The van der Waals surface area contributed by atoms with E-state index < -0.39 is 5.97 Å². The predicted molar refractivity (Wildman–Crippen MR) is 64.9 cm³/mol. The third kappa shape index (κ3) is 5.23. The van der Waals surface area contributed by atoms with Crippen molar-refractivity contribution in [3.05, 3.63) is 19.7 Å². The molecule has 0 rings (SSSR count). The van der Waals surface area contributed by atoms with Crippen LogP contribution in [0.5, 0.6) is 0 Å². The van der Waals surface area contributed by atoms with Crippen molar-refractivity contribution >= 4 is 34.3 Å². The highest BCUT2D eigenvalue weighted by atomic mass is 127. The number of rotatable bonds is 5. The summed E-state index contributed by atoms with van der Waals surface area (Å²) in [6.07, 6.45) is -0.256. The molecule has 0 heterocycles. The number of carbonyl (C=O) groups is 1. The fourth-order valence-corrected chi connectivity index (χ4v) is 1.37. The first-order valence-electron chi connectivity index (χ1n) is 3.85. The van der Waals surface area contributed by atoms with Gasteiger partial charge in [-0.05, 0) is 28.1 Å². The molecule has 0 aliphatic heterocycles. The predicted octanol–water partition coefficient (Wildman–Crippen LogP) is 1.45. The van der Waals surface area contributed by atoms with Crippen LogP contribution in [-0.4, -0.2) is 30.4 Å². The van der Waals surface area contributed by atoms with Gasteiger partial charge in [-0.3, -0.25) is 9.79 Å². The van der Waals surface area contributed by atoms with Crippen LogP contribution >= 0.6 is 22.6 Å². The van der Waals surface area contributed by atoms with Gasteiger partial charge in [0.1, 0.15) is 0 Å². The first-order chi connectivity index (χ1) is 7.02. The molecule has 3 N–H and O–H groups in total. The Morgan fingerprint density at radius 2 is 2.27 bits per heavy atom. The molecule has 0 aromatic carbocycles. The van der Waals surface area contributed by atoms with E-state index in [4.69, 9.17) is 16.4 Å². The highest BCUT2D eigenvalue weighted by Crippen LogP contribution is 2.14. The van der Waals surface area contributed by atoms with E-state index in [0.29, 0.717) is 9.29 Å². The van der Waals surface area contributed by atoms with Crippen molar-refractivity contribution in [2.45, 2.75) is 6.42 Å². The number of azide groups is 1. The monoisotopic (exact) mass is 323 g/mol. The minimum absolute atomic E-state index is 0.0611. The zero-order valence-electron chi connectivity index (χ0n) is 8.01. The molecule has 0 saturated carbocycles. The Hall–Kier alpha value is -1.28. The van der Waals surface area contributed by atoms with Crippen LogP contribution in [0.15, 0.2) is 19.4 Å². The van der Waals surface area contributed by atoms with Crippen molar-refractivity contribution in [2.24, 2.45) is 15.8 Å². The molecule has 0 bridgehead atoms. The number of halogens is 1. The Kier molecular flexibility index (Phi) is 6.47. The topological polar surface area (TPSA) is 124 Å². The van der Waals surface area contributed by atoms with Crippen LogP contribution in [0.4, 0.5) is 0 Å². The average Bonchev–Trinajstić information content (AvgIpc) is 2.17. The number of hydrogen-bond donors (Lipinski definition) is 2. The maximum Gasteiger partial charge on any atom is 0.309 e. The highest BCUT2D eigenvalue weighted by molar-refractivity contribution is 14.1. The quantitative estimate of drug-likeness (QED) is 0.261. The molecule has 0 radical (unpaired) electrons. The van der Waals surface area contributed by atoms with E-state index in [2.05, 4.69) is 15.0 Å². The molecule has 0 fully saturated rings. The molecular weight excluding hydrogens is 313 g/mol. The van der Waals surface area contributed by atoms with E-state index in [1.54, 1.807) is 0 Å². The number of carboxylic acids is 1. The molecule has 0 aliphatic carbocycles. The summed E-state index contributed by atoms with van der Waals surface area (Å²) >= 11 is 1.88. The fourth-order valence-electron chi connectivity index (χ4n) is 0.763. The van der Waals surface area contributed by atoms with Crippen LogP contribution < -0.4 is 5.73 Å². The van der Waals surface area contributed by atoms with Gasteiger partial charge in [-0.1, -0.05) is 5.11 Å². The second kappa shape index (κ2) is 7.07. The van der Waals surface area contributed by atoms with E-state index in [1.165, 1.54) is 7.05 Å². The Labute approximate surface area is 99.8 Å². The Morgan fingerprint density at radius 3 is 2.67 bits per heavy atom. The lowest BCUT2D eigenvalue weighted by atomic mass is 10.2. The molecule has 0 saturated heterocycles. The number of hydrogen-bond acceptors (Lipinski definition) is 4. The minimum Gasteiger partial charge on any atom is -0.481 e. The van der Waals surface area contributed by atoms with E-state index in [1.807, 2.05) is 22.6 Å². The first kappa shape index (κ1) is 13.7. The zero-order chi connectivity index (χ0) is 11.8. The van der Waals surface area contributed by atoms with E-state index in [-0.39, 0.29) is 18.7 Å². The van der Waals surface area contributed by atoms with Gasteiger partial charge >= 0.3 is 5.97 Å². The Balaban J connectivity index is 4.84. The summed E-state index contributed by atoms with van der Waals surface area (Å²) in [6.45, 7) is 0.0611. The molecule has 0 spiro atoms. The molecule has 0 unspecified atom stereocenters. The summed E-state index contributed by atoms with van der Waals surface area (Å²) < 4.78 is 0.518. The molecule has 0 aliphatic rings. The van der Waals surface area contributed by atoms with Crippen LogP contribution in [0.25, 0.3) is 10.4 Å². The van der Waals surface area contributed by atoms with Crippen LogP contribution in [0, 0.1) is 0 Å². The third-order valence-corrected chi connectivity index (χ3v) is 2.75. The second-order valence-electron chi connectivity index (χ2n) is 2.47. The van der Waals surface area contributed by atoms with Gasteiger partial charge in [-0.25, -0.2) is 0 Å². The third-order valence-electron chi connectivity index (χ3n) is 1.43. The van der Waals surface area contributed by atoms with E-state index in [9.17, 15) is 4.79 Å². The largest absolute Gasteiger partial charge is 0.481 e. The van der Waals surface area contributed by atoms with Gasteiger partial charge in [-0.2, -0.15) is 0 Å². The summed E-state index contributed by atoms with van der Waals surface area (Å²) in [5.41, 5.74) is 14.4. The number of carboxylic acid groups (broad SMARTS) is 1. The second-order valence-corrected chi connectivity index (χ2v) is 3.55. The number of aliphatic carboxylic acids is 1. The molecule has 8 heteroatoms. The summed E-state index contributed by atoms with van der Waals surface area (Å²) in [5, 5.41) is 11.9. The molecule has 82 valence electrons. The van der Waals surface area contributed by atoms with E-state index >= 15 is 0 Å². The van der Waals surface area contributed by atoms with Crippen LogP contribution in [0.1, 0.15) is 6.42 Å². The standard InChI is InChI=1S/C7H10IN5O2/c1-11-5(3-12-13-10)7(8)4(9)2-6(14)15/h2-3,9H2,1H3,(H,14,15). The molecular formula is C7H10IN5O2. The molecule has 0 aromatic heterocycles. The minimum atomic E-state index is -1.01. The lowest BCUT2D eigenvalue weighted by molar-refractivity contribution is -0.136. The van der Waals surface area contributed by atoms with Gasteiger partial charge in [-0.15, -0.1) is 0 Å². The fraction of sp³-hybridized carbons (Fsp3) is 0.429. The van der Waals surface area contributed by atoms with Crippen molar-refractivity contribution in [1.82, 2.24) is 0 Å². The maximum atomic E-state index is 10.4. The summed E-state index contributed by atoms with van der Waals surface area (Å²) in [7, 11) is 1.52. The molecule has 0 atom stereocenters. The molecule has 7 nitrogen and oxygen atoms in total. The van der Waals surface area contributed by atoms with Crippen molar-refractivity contribution in [3.8, 4) is 0 Å². The van der Waals surface area contributed by atoms with Crippen LogP contribution in [-0.2, 0) is 4.79 Å². The normalized spacial score (nSPS) is 12.8. The van der Waals surface area contributed by atoms with Gasteiger partial charge in [0.25, 0.3) is 0 Å². The maximum absolute atomic E-state index is 10.4. The number of nitrogens with two attached hydrogens (primary N) is 1. The lowest BCUT2D eigenvalue weighted by Crippen LogP contribution is -2.13. The average molecular weight is 323 g/mol.